The van der Waals surface area contributed by atoms with Crippen LogP contribution in [0.5, 0.6) is 0 Å². The summed E-state index contributed by atoms with van der Waals surface area (Å²) >= 11 is 0. The zero-order chi connectivity index (χ0) is 12.1. The minimum absolute atomic E-state index is 0.136. The number of aryl methyl sites for hydroxylation is 1. The van der Waals surface area contributed by atoms with Gasteiger partial charge in [0.15, 0.2) is 0 Å². The van der Waals surface area contributed by atoms with Gasteiger partial charge in [0.05, 0.1) is 4.92 Å². The standard InChI is InChI=1S/C12H18N2O2/c1-4-9(2)8-13-12-7-11(14(15)16)6-5-10(12)3/h5-7,9,13H,4,8H2,1-3H3. The van der Waals surface area contributed by atoms with Crippen molar-refractivity contribution in [2.75, 3.05) is 11.9 Å². The van der Waals surface area contributed by atoms with Crippen LogP contribution < -0.4 is 5.32 Å². The molecular weight excluding hydrogens is 204 g/mol. The summed E-state index contributed by atoms with van der Waals surface area (Å²) in [6.07, 6.45) is 1.10. The Morgan fingerprint density at radius 2 is 2.19 bits per heavy atom. The van der Waals surface area contributed by atoms with E-state index in [9.17, 15) is 10.1 Å². The van der Waals surface area contributed by atoms with Gasteiger partial charge in [-0.25, -0.2) is 0 Å². The Kier molecular flexibility index (Phi) is 4.28. The van der Waals surface area contributed by atoms with E-state index in [0.717, 1.165) is 24.2 Å². The lowest BCUT2D eigenvalue weighted by Gasteiger charge is -2.13. The van der Waals surface area contributed by atoms with Crippen LogP contribution in [0.1, 0.15) is 25.8 Å². The fourth-order valence-electron chi connectivity index (χ4n) is 1.34. The number of nitrogens with one attached hydrogen (secondary N) is 1. The van der Waals surface area contributed by atoms with Crippen LogP contribution in [0, 0.1) is 23.0 Å². The molecule has 0 fully saturated rings. The van der Waals surface area contributed by atoms with Gasteiger partial charge >= 0.3 is 0 Å². The van der Waals surface area contributed by atoms with Crippen LogP contribution in [-0.4, -0.2) is 11.5 Å². The first-order valence-electron chi connectivity index (χ1n) is 5.53. The van der Waals surface area contributed by atoms with Crippen LogP contribution in [0.25, 0.3) is 0 Å². The molecule has 0 aliphatic heterocycles. The summed E-state index contributed by atoms with van der Waals surface area (Å²) in [7, 11) is 0. The first-order chi connectivity index (χ1) is 7.54. The third-order valence-corrected chi connectivity index (χ3v) is 2.77. The molecule has 0 aliphatic carbocycles. The van der Waals surface area contributed by atoms with E-state index in [-0.39, 0.29) is 10.6 Å². The first kappa shape index (κ1) is 12.5. The number of nitro groups is 1. The number of non-ortho nitro benzene ring substituents is 1. The molecule has 1 aromatic carbocycles. The lowest BCUT2D eigenvalue weighted by Crippen LogP contribution is -2.11. The zero-order valence-electron chi connectivity index (χ0n) is 9.99. The quantitative estimate of drug-likeness (QED) is 0.614. The second-order valence-electron chi connectivity index (χ2n) is 4.15. The fourth-order valence-corrected chi connectivity index (χ4v) is 1.34. The third-order valence-electron chi connectivity index (χ3n) is 2.77. The number of rotatable bonds is 5. The second kappa shape index (κ2) is 5.49. The molecule has 0 aliphatic rings. The van der Waals surface area contributed by atoms with E-state index in [2.05, 4.69) is 19.2 Å². The number of hydrogen-bond acceptors (Lipinski definition) is 3. The molecular formula is C12H18N2O2. The van der Waals surface area contributed by atoms with Crippen LogP contribution in [-0.2, 0) is 0 Å². The van der Waals surface area contributed by atoms with Gasteiger partial charge < -0.3 is 5.32 Å². The van der Waals surface area contributed by atoms with Gasteiger partial charge in [-0.3, -0.25) is 10.1 Å². The monoisotopic (exact) mass is 222 g/mol. The molecule has 4 nitrogen and oxygen atoms in total. The first-order valence-corrected chi connectivity index (χ1v) is 5.53. The van der Waals surface area contributed by atoms with Crippen LogP contribution in [0.4, 0.5) is 11.4 Å². The topological polar surface area (TPSA) is 55.2 Å². The van der Waals surface area contributed by atoms with Crippen molar-refractivity contribution >= 4 is 11.4 Å². The van der Waals surface area contributed by atoms with E-state index in [1.54, 1.807) is 12.1 Å². The van der Waals surface area contributed by atoms with Gasteiger partial charge in [0.1, 0.15) is 0 Å². The molecule has 4 heteroatoms. The average Bonchev–Trinajstić information content (AvgIpc) is 2.27. The largest absolute Gasteiger partial charge is 0.384 e. The smallest absolute Gasteiger partial charge is 0.271 e. The maximum atomic E-state index is 10.6. The van der Waals surface area contributed by atoms with Gasteiger partial charge in [-0.2, -0.15) is 0 Å². The molecule has 1 rings (SSSR count). The molecule has 1 unspecified atom stereocenters. The number of nitrogens with zero attached hydrogens (tertiary/aromatic N) is 1. The Balaban J connectivity index is 2.78. The van der Waals surface area contributed by atoms with Crippen LogP contribution >= 0.6 is 0 Å². The highest BCUT2D eigenvalue weighted by atomic mass is 16.6. The Hall–Kier alpha value is -1.58. The van der Waals surface area contributed by atoms with Gasteiger partial charge in [0.25, 0.3) is 5.69 Å². The second-order valence-corrected chi connectivity index (χ2v) is 4.15. The lowest BCUT2D eigenvalue weighted by atomic mass is 10.1. The molecule has 1 N–H and O–H groups in total. The summed E-state index contributed by atoms with van der Waals surface area (Å²) < 4.78 is 0. The van der Waals surface area contributed by atoms with Crippen molar-refractivity contribution in [1.29, 1.82) is 0 Å². The van der Waals surface area contributed by atoms with Gasteiger partial charge in [-0.05, 0) is 18.4 Å². The van der Waals surface area contributed by atoms with Crippen molar-refractivity contribution in [3.05, 3.63) is 33.9 Å². The summed E-state index contributed by atoms with van der Waals surface area (Å²) in [5.41, 5.74) is 2.03. The molecule has 0 radical (unpaired) electrons. The lowest BCUT2D eigenvalue weighted by molar-refractivity contribution is -0.384. The summed E-state index contributed by atoms with van der Waals surface area (Å²) in [4.78, 5) is 10.3. The summed E-state index contributed by atoms with van der Waals surface area (Å²) in [6, 6.07) is 4.90. The molecule has 0 saturated carbocycles. The molecule has 1 aromatic rings. The predicted octanol–water partition coefficient (Wildman–Crippen LogP) is 3.36. The Morgan fingerprint density at radius 1 is 1.50 bits per heavy atom. The predicted molar refractivity (Wildman–Crippen MR) is 65.8 cm³/mol. The Labute approximate surface area is 95.8 Å². The maximum Gasteiger partial charge on any atom is 0.271 e. The van der Waals surface area contributed by atoms with E-state index in [4.69, 9.17) is 0 Å². The molecule has 0 amide bonds. The molecule has 16 heavy (non-hydrogen) atoms. The summed E-state index contributed by atoms with van der Waals surface area (Å²) in [5, 5.41) is 13.9. The highest BCUT2D eigenvalue weighted by molar-refractivity contribution is 5.56. The van der Waals surface area contributed by atoms with Crippen LogP contribution in [0.2, 0.25) is 0 Å². The molecule has 0 heterocycles. The van der Waals surface area contributed by atoms with Crippen LogP contribution in [0.3, 0.4) is 0 Å². The molecule has 1 atom stereocenters. The van der Waals surface area contributed by atoms with E-state index >= 15 is 0 Å². The normalized spacial score (nSPS) is 12.2. The highest BCUT2D eigenvalue weighted by Crippen LogP contribution is 2.22. The minimum atomic E-state index is -0.367. The van der Waals surface area contributed by atoms with Crippen molar-refractivity contribution in [3.8, 4) is 0 Å². The van der Waals surface area contributed by atoms with Crippen molar-refractivity contribution in [2.45, 2.75) is 27.2 Å². The van der Waals surface area contributed by atoms with E-state index in [1.165, 1.54) is 6.07 Å². The van der Waals surface area contributed by atoms with E-state index in [1.807, 2.05) is 6.92 Å². The fraction of sp³-hybridized carbons (Fsp3) is 0.500. The molecule has 88 valence electrons. The molecule has 0 bridgehead atoms. The number of anilines is 1. The number of hydrogen-bond donors (Lipinski definition) is 1. The molecule has 0 spiro atoms. The van der Waals surface area contributed by atoms with Gasteiger partial charge in [0, 0.05) is 24.4 Å². The van der Waals surface area contributed by atoms with Crippen molar-refractivity contribution in [3.63, 3.8) is 0 Å². The van der Waals surface area contributed by atoms with E-state index in [0.29, 0.717) is 5.92 Å². The van der Waals surface area contributed by atoms with E-state index < -0.39 is 0 Å². The van der Waals surface area contributed by atoms with Crippen molar-refractivity contribution in [2.24, 2.45) is 5.92 Å². The zero-order valence-corrected chi connectivity index (χ0v) is 9.99. The Morgan fingerprint density at radius 3 is 2.75 bits per heavy atom. The van der Waals surface area contributed by atoms with Crippen LogP contribution in [0.15, 0.2) is 18.2 Å². The number of benzene rings is 1. The highest BCUT2D eigenvalue weighted by Gasteiger charge is 2.08. The summed E-state index contributed by atoms with van der Waals surface area (Å²) in [6.45, 7) is 7.08. The molecule has 0 aromatic heterocycles. The van der Waals surface area contributed by atoms with Gasteiger partial charge in [-0.15, -0.1) is 0 Å². The summed E-state index contributed by atoms with van der Waals surface area (Å²) in [5.74, 6) is 0.568. The SMILES string of the molecule is CCC(C)CNc1cc([N+](=O)[O-])ccc1C. The van der Waals surface area contributed by atoms with Crippen molar-refractivity contribution < 1.29 is 4.92 Å². The van der Waals surface area contributed by atoms with Crippen molar-refractivity contribution in [1.82, 2.24) is 0 Å². The molecule has 0 saturated heterocycles. The number of nitro benzene ring substituents is 1. The van der Waals surface area contributed by atoms with Gasteiger partial charge in [-0.1, -0.05) is 26.3 Å². The third kappa shape index (κ3) is 3.22. The maximum absolute atomic E-state index is 10.6. The minimum Gasteiger partial charge on any atom is -0.384 e. The average molecular weight is 222 g/mol. The Bertz CT molecular complexity index is 377. The van der Waals surface area contributed by atoms with Gasteiger partial charge in [0.2, 0.25) is 0 Å².